The van der Waals surface area contributed by atoms with Crippen LogP contribution in [-0.4, -0.2) is 10.9 Å². The number of aromatic nitrogens is 1. The highest BCUT2D eigenvalue weighted by Crippen LogP contribution is 2.32. The number of hydrogen-bond donors (Lipinski definition) is 1. The summed E-state index contributed by atoms with van der Waals surface area (Å²) in [4.78, 5) is 17.7. The number of carbonyl (C=O) groups excluding carboxylic acids is 1. The molecule has 2 aromatic rings. The van der Waals surface area contributed by atoms with E-state index in [-0.39, 0.29) is 11.8 Å². The molecule has 1 aromatic carbocycles. The number of amides is 1. The Kier molecular flexibility index (Phi) is 3.57. The van der Waals surface area contributed by atoms with Crippen molar-refractivity contribution in [2.75, 3.05) is 5.32 Å². The fourth-order valence-electron chi connectivity index (χ4n) is 2.31. The Labute approximate surface area is 123 Å². The van der Waals surface area contributed by atoms with E-state index in [2.05, 4.69) is 41.5 Å². The van der Waals surface area contributed by atoms with Crippen LogP contribution in [0, 0.1) is 19.8 Å². The van der Waals surface area contributed by atoms with Crippen LogP contribution in [-0.2, 0) is 4.79 Å². The summed E-state index contributed by atoms with van der Waals surface area (Å²) in [5.74, 6) is 0.322. The van der Waals surface area contributed by atoms with E-state index in [1.54, 1.807) is 11.3 Å². The molecule has 0 aliphatic heterocycles. The van der Waals surface area contributed by atoms with Crippen LogP contribution < -0.4 is 5.32 Å². The largest absolute Gasteiger partial charge is 0.302 e. The first-order valence-electron chi connectivity index (χ1n) is 6.99. The van der Waals surface area contributed by atoms with E-state index in [4.69, 9.17) is 0 Å². The van der Waals surface area contributed by atoms with Gasteiger partial charge in [-0.25, -0.2) is 4.98 Å². The van der Waals surface area contributed by atoms with Crippen molar-refractivity contribution in [3.63, 3.8) is 0 Å². The van der Waals surface area contributed by atoms with E-state index in [1.165, 1.54) is 12.0 Å². The molecule has 1 aromatic heterocycles. The van der Waals surface area contributed by atoms with Crippen molar-refractivity contribution in [3.8, 4) is 11.3 Å². The molecule has 0 atom stereocenters. The minimum absolute atomic E-state index is 0.125. The normalized spacial score (nSPS) is 14.9. The molecule has 20 heavy (non-hydrogen) atoms. The predicted octanol–water partition coefficient (Wildman–Crippen LogP) is 4.17. The molecule has 0 saturated heterocycles. The van der Waals surface area contributed by atoms with Gasteiger partial charge in [0.1, 0.15) is 0 Å². The quantitative estimate of drug-likeness (QED) is 0.920. The first-order valence-corrected chi connectivity index (χ1v) is 7.80. The Balaban J connectivity index is 1.79. The van der Waals surface area contributed by atoms with E-state index >= 15 is 0 Å². The topological polar surface area (TPSA) is 42.0 Å². The van der Waals surface area contributed by atoms with Crippen molar-refractivity contribution in [2.45, 2.75) is 33.1 Å². The van der Waals surface area contributed by atoms with Gasteiger partial charge < -0.3 is 5.32 Å². The second kappa shape index (κ2) is 5.37. The Morgan fingerprint density at radius 2 is 1.95 bits per heavy atom. The highest BCUT2D eigenvalue weighted by Gasteiger charge is 2.26. The van der Waals surface area contributed by atoms with Crippen LogP contribution in [0.15, 0.2) is 24.3 Å². The van der Waals surface area contributed by atoms with Gasteiger partial charge in [0.15, 0.2) is 5.13 Å². The maximum Gasteiger partial charge on any atom is 0.229 e. The molecule has 1 aliphatic carbocycles. The molecule has 0 radical (unpaired) electrons. The molecular weight excluding hydrogens is 268 g/mol. The Hall–Kier alpha value is -1.68. The third kappa shape index (κ3) is 2.61. The lowest BCUT2D eigenvalue weighted by Crippen LogP contribution is -2.27. The van der Waals surface area contributed by atoms with Crippen LogP contribution in [0.5, 0.6) is 0 Å². The maximum absolute atomic E-state index is 12.0. The SMILES string of the molecule is Cc1ccc(-c2nc(NC(=O)C3CCC3)sc2C)cc1. The van der Waals surface area contributed by atoms with Crippen molar-refractivity contribution < 1.29 is 4.79 Å². The fraction of sp³-hybridized carbons (Fsp3) is 0.375. The van der Waals surface area contributed by atoms with Crippen molar-refractivity contribution in [2.24, 2.45) is 5.92 Å². The molecule has 1 saturated carbocycles. The molecule has 1 aliphatic rings. The van der Waals surface area contributed by atoms with E-state index in [0.29, 0.717) is 0 Å². The predicted molar refractivity (Wildman–Crippen MR) is 83.0 cm³/mol. The molecule has 0 spiro atoms. The van der Waals surface area contributed by atoms with Crippen LogP contribution in [0.25, 0.3) is 11.3 Å². The number of nitrogens with zero attached hydrogens (tertiary/aromatic N) is 1. The van der Waals surface area contributed by atoms with E-state index < -0.39 is 0 Å². The summed E-state index contributed by atoms with van der Waals surface area (Å²) in [7, 11) is 0. The zero-order chi connectivity index (χ0) is 14.1. The van der Waals surface area contributed by atoms with E-state index in [9.17, 15) is 4.79 Å². The summed E-state index contributed by atoms with van der Waals surface area (Å²) in [6, 6.07) is 8.32. The molecule has 1 heterocycles. The second-order valence-electron chi connectivity index (χ2n) is 5.41. The maximum atomic E-state index is 12.0. The van der Waals surface area contributed by atoms with Crippen LogP contribution in [0.4, 0.5) is 5.13 Å². The van der Waals surface area contributed by atoms with Crippen molar-refractivity contribution in [1.29, 1.82) is 0 Å². The van der Waals surface area contributed by atoms with Gasteiger partial charge in [-0.3, -0.25) is 4.79 Å². The number of aryl methyl sites for hydroxylation is 2. The molecule has 1 N–H and O–H groups in total. The average Bonchev–Trinajstić information content (AvgIpc) is 2.69. The standard InChI is InChI=1S/C16H18N2OS/c1-10-6-8-12(9-7-10)14-11(2)20-16(17-14)18-15(19)13-4-3-5-13/h6-9,13H,3-5H2,1-2H3,(H,17,18,19). The lowest BCUT2D eigenvalue weighted by Gasteiger charge is -2.23. The molecule has 4 heteroatoms. The summed E-state index contributed by atoms with van der Waals surface area (Å²) in [6.45, 7) is 4.12. The van der Waals surface area contributed by atoms with Gasteiger partial charge in [-0.15, -0.1) is 11.3 Å². The molecule has 0 bridgehead atoms. The number of thiazole rings is 1. The average molecular weight is 286 g/mol. The molecule has 1 amide bonds. The lowest BCUT2D eigenvalue weighted by molar-refractivity contribution is -0.122. The summed E-state index contributed by atoms with van der Waals surface area (Å²) >= 11 is 1.55. The van der Waals surface area contributed by atoms with Gasteiger partial charge in [0.2, 0.25) is 5.91 Å². The van der Waals surface area contributed by atoms with Gasteiger partial charge >= 0.3 is 0 Å². The summed E-state index contributed by atoms with van der Waals surface area (Å²) in [5, 5.41) is 3.67. The van der Waals surface area contributed by atoms with Gasteiger partial charge in [0.25, 0.3) is 0 Å². The second-order valence-corrected chi connectivity index (χ2v) is 6.61. The van der Waals surface area contributed by atoms with Crippen LogP contribution in [0.2, 0.25) is 0 Å². The van der Waals surface area contributed by atoms with Gasteiger partial charge in [-0.2, -0.15) is 0 Å². The molecule has 3 rings (SSSR count). The molecule has 104 valence electrons. The summed E-state index contributed by atoms with van der Waals surface area (Å²) in [5.41, 5.74) is 3.31. The number of anilines is 1. The zero-order valence-electron chi connectivity index (χ0n) is 11.8. The third-order valence-electron chi connectivity index (χ3n) is 3.83. The van der Waals surface area contributed by atoms with Gasteiger partial charge in [-0.05, 0) is 26.7 Å². The highest BCUT2D eigenvalue weighted by atomic mass is 32.1. The number of hydrogen-bond acceptors (Lipinski definition) is 3. The van der Waals surface area contributed by atoms with Crippen molar-refractivity contribution in [1.82, 2.24) is 4.98 Å². The smallest absolute Gasteiger partial charge is 0.229 e. The van der Waals surface area contributed by atoms with Crippen molar-refractivity contribution >= 4 is 22.4 Å². The van der Waals surface area contributed by atoms with Gasteiger partial charge in [0, 0.05) is 16.4 Å². The van der Waals surface area contributed by atoms with Crippen LogP contribution >= 0.6 is 11.3 Å². The van der Waals surface area contributed by atoms with Gasteiger partial charge in [-0.1, -0.05) is 36.2 Å². The number of rotatable bonds is 3. The Morgan fingerprint density at radius 3 is 2.55 bits per heavy atom. The zero-order valence-corrected chi connectivity index (χ0v) is 12.6. The van der Waals surface area contributed by atoms with Crippen LogP contribution in [0.1, 0.15) is 29.7 Å². The number of nitrogens with one attached hydrogen (secondary N) is 1. The van der Waals surface area contributed by atoms with Gasteiger partial charge in [0.05, 0.1) is 5.69 Å². The molecule has 1 fully saturated rings. The Morgan fingerprint density at radius 1 is 1.25 bits per heavy atom. The van der Waals surface area contributed by atoms with Crippen molar-refractivity contribution in [3.05, 3.63) is 34.7 Å². The molecule has 0 unspecified atom stereocenters. The lowest BCUT2D eigenvalue weighted by atomic mass is 9.85. The number of benzene rings is 1. The third-order valence-corrected chi connectivity index (χ3v) is 4.71. The minimum Gasteiger partial charge on any atom is -0.302 e. The van der Waals surface area contributed by atoms with E-state index in [0.717, 1.165) is 34.1 Å². The summed E-state index contributed by atoms with van der Waals surface area (Å²) in [6.07, 6.45) is 3.20. The van der Waals surface area contributed by atoms with Crippen LogP contribution in [0.3, 0.4) is 0 Å². The number of carbonyl (C=O) groups is 1. The molecular formula is C16H18N2OS. The minimum atomic E-state index is 0.125. The Bertz CT molecular complexity index is 626. The summed E-state index contributed by atoms with van der Waals surface area (Å²) < 4.78 is 0. The molecule has 3 nitrogen and oxygen atoms in total. The fourth-order valence-corrected chi connectivity index (χ4v) is 3.15. The highest BCUT2D eigenvalue weighted by molar-refractivity contribution is 7.16. The monoisotopic (exact) mass is 286 g/mol. The first kappa shape index (κ1) is 13.3. The first-order chi connectivity index (χ1) is 9.63. The van der Waals surface area contributed by atoms with E-state index in [1.807, 2.05) is 6.92 Å².